The van der Waals surface area contributed by atoms with Crippen molar-refractivity contribution in [1.29, 1.82) is 0 Å². The fourth-order valence-electron chi connectivity index (χ4n) is 4.32. The maximum atomic E-state index is 15.7. The fraction of sp³-hybridized carbons (Fsp3) is 0.652. The second-order valence-corrected chi connectivity index (χ2v) is 13.5. The summed E-state index contributed by atoms with van der Waals surface area (Å²) in [4.78, 5) is 43.1. The van der Waals surface area contributed by atoms with Gasteiger partial charge >= 0.3 is 13.8 Å². The molecule has 0 radical (unpaired) electrons. The second kappa shape index (κ2) is 11.7. The number of rotatable bonds is 9. The lowest BCUT2D eigenvalue weighted by Gasteiger charge is -2.39. The number of H-pyrrole nitrogens is 1. The largest absolute Gasteiger partial charge is 0.475 e. The third-order valence-corrected chi connectivity index (χ3v) is 8.64. The molecule has 2 aliphatic rings. The Morgan fingerprint density at radius 3 is 2.83 bits per heavy atom. The van der Waals surface area contributed by atoms with Crippen molar-refractivity contribution in [3.63, 3.8) is 0 Å². The molecule has 5 N–H and O–H groups in total. The van der Waals surface area contributed by atoms with Crippen molar-refractivity contribution < 1.29 is 46.7 Å². The molecule has 4 heterocycles. The molecule has 2 aliphatic heterocycles. The summed E-state index contributed by atoms with van der Waals surface area (Å²) in [7, 11) is -4.39. The third kappa shape index (κ3) is 6.66. The number of nitrogens with two attached hydrogens (primary N) is 1. The molecule has 2 unspecified atom stereocenters. The van der Waals surface area contributed by atoms with Crippen molar-refractivity contribution in [3.05, 3.63) is 22.6 Å². The maximum Gasteiger partial charge on any atom is 0.475 e. The molecule has 2 aromatic rings. The monoisotopic (exact) mass is 667 g/mol. The summed E-state index contributed by atoms with van der Waals surface area (Å²) in [5, 5.41) is 13.3. The van der Waals surface area contributed by atoms with E-state index < -0.39 is 66.4 Å². The lowest BCUT2D eigenvalue weighted by atomic mass is 9.87. The molecule has 4 rings (SSSR count). The molecule has 228 valence electrons. The molecule has 2 aromatic heterocycles. The van der Waals surface area contributed by atoms with E-state index in [0.29, 0.717) is 0 Å². The summed E-state index contributed by atoms with van der Waals surface area (Å²) in [5.74, 6) is -1.35. The number of nitrogen functional groups attached to an aromatic ring is 1. The minimum atomic E-state index is -4.39. The molecule has 15 nitrogen and oxygen atoms in total. The van der Waals surface area contributed by atoms with Gasteiger partial charge in [0.2, 0.25) is 16.4 Å². The number of amides is 1. The van der Waals surface area contributed by atoms with E-state index in [1.165, 1.54) is 16.8 Å². The third-order valence-electron chi connectivity index (χ3n) is 6.40. The average Bonchev–Trinajstić information content (AvgIpc) is 3.37. The Morgan fingerprint density at radius 2 is 2.15 bits per heavy atom. The highest BCUT2D eigenvalue weighted by atomic mass is 79.9. The number of nitrogens with zero attached hydrogens (tertiary/aromatic N) is 2. The number of aromatic amines is 1. The number of aliphatic hydroxyl groups excluding tert-OH is 1. The number of fused-ring (bicyclic) bond motifs is 1. The number of phosphoric ester groups is 1. The van der Waals surface area contributed by atoms with E-state index in [-0.39, 0.29) is 42.7 Å². The summed E-state index contributed by atoms with van der Waals surface area (Å²) in [6, 6.07) is 1.38. The number of aromatic nitrogens is 3. The molecule has 18 heteroatoms. The van der Waals surface area contributed by atoms with Crippen LogP contribution in [0.5, 0.6) is 0 Å². The van der Waals surface area contributed by atoms with Crippen LogP contribution in [0, 0.1) is 5.41 Å². The summed E-state index contributed by atoms with van der Waals surface area (Å²) in [6.45, 7) is 5.81. The molecular weight excluding hydrogens is 636 g/mol. The number of phosphoric acid groups is 1. The van der Waals surface area contributed by atoms with Gasteiger partial charge < -0.3 is 30.2 Å². The first-order valence-corrected chi connectivity index (χ1v) is 14.9. The van der Waals surface area contributed by atoms with Gasteiger partial charge in [-0.25, -0.2) is 8.96 Å². The van der Waals surface area contributed by atoms with E-state index in [9.17, 15) is 24.1 Å². The van der Waals surface area contributed by atoms with Crippen molar-refractivity contribution in [3.8, 4) is 0 Å². The number of alkyl halides is 2. The minimum absolute atomic E-state index is 0.00629. The van der Waals surface area contributed by atoms with Gasteiger partial charge in [0, 0.05) is 18.2 Å². The molecule has 0 bridgehead atoms. The summed E-state index contributed by atoms with van der Waals surface area (Å²) < 4.78 is 54.4. The molecule has 0 aliphatic carbocycles. The fourth-order valence-corrected chi connectivity index (χ4v) is 6.60. The summed E-state index contributed by atoms with van der Waals surface area (Å²) in [6.07, 6.45) is -5.11. The zero-order valence-corrected chi connectivity index (χ0v) is 25.1. The van der Waals surface area contributed by atoms with Crippen LogP contribution < -0.4 is 16.6 Å². The Hall–Kier alpha value is -2.40. The number of anilines is 1. The number of aliphatic hydroxyl groups is 1. The first-order valence-electron chi connectivity index (χ1n) is 12.7. The molecule has 0 spiro atoms. The van der Waals surface area contributed by atoms with Crippen molar-refractivity contribution in [2.45, 2.75) is 69.3 Å². The molecule has 41 heavy (non-hydrogen) atoms. The van der Waals surface area contributed by atoms with Crippen LogP contribution in [0.25, 0.3) is 11.0 Å². The van der Waals surface area contributed by atoms with Crippen molar-refractivity contribution >= 4 is 52.6 Å². The van der Waals surface area contributed by atoms with E-state index >= 15 is 4.39 Å². The molecule has 6 atom stereocenters. The highest BCUT2D eigenvalue weighted by molar-refractivity contribution is 9.10. The Morgan fingerprint density at radius 1 is 1.44 bits per heavy atom. The van der Waals surface area contributed by atoms with E-state index in [4.69, 9.17) is 28.8 Å². The van der Waals surface area contributed by atoms with Gasteiger partial charge in [-0.2, -0.15) is 4.98 Å². The Bertz CT molecular complexity index is 1410. The SMILES string of the molecule is CC(C)OC(=O)CCNC(=O)[C@@H]1OP(=O)(OC[C@H]2O[C@@H](n3ccc4c(=O)[nH]c(N)nc43)C(F)(Br)[C@H]2O)OCC1(C)C. The number of hydrogen-bond acceptors (Lipinski definition) is 12. The van der Waals surface area contributed by atoms with Crippen LogP contribution in [0.15, 0.2) is 17.1 Å². The molecule has 1 amide bonds. The highest BCUT2D eigenvalue weighted by Gasteiger charge is 2.58. The van der Waals surface area contributed by atoms with Crippen LogP contribution >= 0.6 is 23.8 Å². The van der Waals surface area contributed by atoms with Gasteiger partial charge in [0.15, 0.2) is 18.0 Å². The predicted octanol–water partition coefficient (Wildman–Crippen LogP) is 1.65. The Kier molecular flexibility index (Phi) is 9.00. The standard InChI is InChI=1S/C23H32BrFN5O10P/c1-11(2)38-14(31)5-7-27-19(34)16-22(3,4)10-37-41(35,40-16)36-9-13-15(32)23(24,25)20(39-13)30-8-6-12-17(30)28-21(26)29-18(12)33/h6,8,11,13,15-16,20,32H,5,7,9-10H2,1-4H3,(H,27,34)(H3,26,28,29,33)/t13-,15+,16+,20-,23?,41?/m1/s1. The number of carbonyl (C=O) groups excluding carboxylic acids is 2. The van der Waals surface area contributed by atoms with Crippen LogP contribution in [0.2, 0.25) is 0 Å². The Labute approximate surface area is 241 Å². The summed E-state index contributed by atoms with van der Waals surface area (Å²) >= 11 is 2.85. The van der Waals surface area contributed by atoms with Gasteiger partial charge in [-0.15, -0.1) is 0 Å². The smallest absolute Gasteiger partial charge is 0.463 e. The van der Waals surface area contributed by atoms with Gasteiger partial charge in [0.05, 0.1) is 31.1 Å². The lowest BCUT2D eigenvalue weighted by Crippen LogP contribution is -2.50. The topological polar surface area (TPSA) is 206 Å². The highest BCUT2D eigenvalue weighted by Crippen LogP contribution is 2.58. The molecule has 0 aromatic carbocycles. The zero-order valence-electron chi connectivity index (χ0n) is 22.7. The number of ether oxygens (including phenoxy) is 2. The van der Waals surface area contributed by atoms with E-state index in [2.05, 4.69) is 31.2 Å². The number of halogens is 2. The predicted molar refractivity (Wildman–Crippen MR) is 144 cm³/mol. The quantitative estimate of drug-likeness (QED) is 0.171. The van der Waals surface area contributed by atoms with Gasteiger partial charge in [0.1, 0.15) is 12.2 Å². The first-order chi connectivity index (χ1) is 19.0. The lowest BCUT2D eigenvalue weighted by molar-refractivity contribution is -0.147. The van der Waals surface area contributed by atoms with E-state index in [1.807, 2.05) is 0 Å². The molecular formula is C23H32BrFN5O10P. The van der Waals surface area contributed by atoms with Crippen molar-refractivity contribution in [1.82, 2.24) is 19.9 Å². The maximum absolute atomic E-state index is 15.7. The number of esters is 1. The normalized spacial score (nSPS) is 31.4. The number of carbonyl (C=O) groups is 2. The van der Waals surface area contributed by atoms with Gasteiger partial charge in [-0.05, 0) is 35.8 Å². The second-order valence-electron chi connectivity index (χ2n) is 10.6. The zero-order chi connectivity index (χ0) is 30.3. The van der Waals surface area contributed by atoms with Gasteiger partial charge in [0.25, 0.3) is 5.56 Å². The van der Waals surface area contributed by atoms with Gasteiger partial charge in [-0.1, -0.05) is 13.8 Å². The number of hydrogen-bond donors (Lipinski definition) is 4. The molecule has 2 saturated heterocycles. The van der Waals surface area contributed by atoms with Crippen LogP contribution in [0.4, 0.5) is 10.3 Å². The van der Waals surface area contributed by atoms with Crippen LogP contribution in [0.3, 0.4) is 0 Å². The number of nitrogens with one attached hydrogen (secondary N) is 2. The average molecular weight is 668 g/mol. The summed E-state index contributed by atoms with van der Waals surface area (Å²) in [5.41, 5.74) is 4.15. The van der Waals surface area contributed by atoms with Crippen LogP contribution in [-0.4, -0.2) is 80.3 Å². The van der Waals surface area contributed by atoms with Crippen LogP contribution in [0.1, 0.15) is 40.3 Å². The minimum Gasteiger partial charge on any atom is -0.463 e. The van der Waals surface area contributed by atoms with E-state index in [1.54, 1.807) is 27.7 Å². The molecule has 2 fully saturated rings. The van der Waals surface area contributed by atoms with Crippen molar-refractivity contribution in [2.24, 2.45) is 5.41 Å². The Balaban J connectivity index is 1.42. The van der Waals surface area contributed by atoms with Crippen LogP contribution in [-0.2, 0) is 37.2 Å². The van der Waals surface area contributed by atoms with Crippen molar-refractivity contribution in [2.75, 3.05) is 25.5 Å². The first kappa shape index (κ1) is 31.5. The molecule has 0 saturated carbocycles. The van der Waals surface area contributed by atoms with Gasteiger partial charge in [-0.3, -0.25) is 32.9 Å². The van der Waals surface area contributed by atoms with E-state index in [0.717, 1.165) is 0 Å².